The number of hydrogen-bond donors (Lipinski definition) is 0. The van der Waals surface area contributed by atoms with Gasteiger partial charge < -0.3 is 9.47 Å². The molecule has 0 N–H and O–H groups in total. The van der Waals surface area contributed by atoms with Gasteiger partial charge in [0.15, 0.2) is 6.10 Å². The first kappa shape index (κ1) is 33.4. The number of ether oxygens (including phenoxy) is 2. The minimum Gasteiger partial charge on any atom is -0.458 e. The molecule has 1 aromatic carbocycles. The Kier molecular flexibility index (Phi) is 16.5. The molecule has 4 nitrogen and oxygen atoms in total. The predicted octanol–water partition coefficient (Wildman–Crippen LogP) is 9.72. The van der Waals surface area contributed by atoms with Crippen LogP contribution in [0.25, 0.3) is 0 Å². The smallest absolute Gasteiger partial charge is 0.313 e. The molecule has 1 aliphatic heterocycles. The number of hydrogen-bond acceptors (Lipinski definition) is 4. The highest BCUT2D eigenvalue weighted by atomic mass is 16.6. The van der Waals surface area contributed by atoms with Gasteiger partial charge in [0.2, 0.25) is 0 Å². The van der Waals surface area contributed by atoms with E-state index in [0.29, 0.717) is 5.92 Å². The van der Waals surface area contributed by atoms with Gasteiger partial charge in [0.1, 0.15) is 6.10 Å². The molecule has 4 atom stereocenters. The zero-order valence-corrected chi connectivity index (χ0v) is 25.8. The third-order valence-electron chi connectivity index (χ3n) is 8.27. The number of carbonyl (C=O) groups excluding carboxylic acids is 2. The van der Waals surface area contributed by atoms with Crippen molar-refractivity contribution in [3.05, 3.63) is 35.4 Å². The third kappa shape index (κ3) is 12.5. The summed E-state index contributed by atoms with van der Waals surface area (Å²) in [5.74, 6) is -0.198. The molecule has 1 heterocycles. The van der Waals surface area contributed by atoms with Gasteiger partial charge >= 0.3 is 11.9 Å². The first-order chi connectivity index (χ1) is 18.9. The highest BCUT2D eigenvalue weighted by molar-refractivity contribution is 5.80. The van der Waals surface area contributed by atoms with Crippen LogP contribution >= 0.6 is 0 Å². The van der Waals surface area contributed by atoms with Crippen molar-refractivity contribution >= 4 is 11.9 Å². The lowest BCUT2D eigenvalue weighted by Crippen LogP contribution is -2.53. The Hall–Kier alpha value is -1.84. The van der Waals surface area contributed by atoms with Crippen LogP contribution in [-0.2, 0) is 25.5 Å². The van der Waals surface area contributed by atoms with Crippen molar-refractivity contribution in [3.63, 3.8) is 0 Å². The van der Waals surface area contributed by atoms with Gasteiger partial charge in [0.25, 0.3) is 0 Å². The van der Waals surface area contributed by atoms with Crippen molar-refractivity contribution in [3.8, 4) is 0 Å². The van der Waals surface area contributed by atoms with E-state index < -0.39 is 0 Å². The molecule has 0 unspecified atom stereocenters. The summed E-state index contributed by atoms with van der Waals surface area (Å²) in [5.41, 5.74) is 2.27. The number of benzene rings is 1. The van der Waals surface area contributed by atoms with Crippen LogP contribution in [0.5, 0.6) is 0 Å². The zero-order valence-electron chi connectivity index (χ0n) is 25.8. The van der Waals surface area contributed by atoms with Crippen LogP contribution in [0.3, 0.4) is 0 Å². The first-order valence-electron chi connectivity index (χ1n) is 16.4. The summed E-state index contributed by atoms with van der Waals surface area (Å²) in [4.78, 5) is 25.6. The van der Waals surface area contributed by atoms with Crippen LogP contribution < -0.4 is 0 Å². The Labute approximate surface area is 240 Å². The fourth-order valence-corrected chi connectivity index (χ4v) is 5.70. The largest absolute Gasteiger partial charge is 0.458 e. The Morgan fingerprint density at radius 3 is 1.87 bits per heavy atom. The molecule has 0 amide bonds. The highest BCUT2D eigenvalue weighted by Crippen LogP contribution is 2.34. The van der Waals surface area contributed by atoms with E-state index in [1.165, 1.54) is 69.8 Å². The molecule has 0 bridgehead atoms. The second-order valence-corrected chi connectivity index (χ2v) is 12.4. The van der Waals surface area contributed by atoms with Crippen molar-refractivity contribution in [2.45, 2.75) is 162 Å². The number of esters is 2. The van der Waals surface area contributed by atoms with Crippen LogP contribution in [-0.4, -0.2) is 24.1 Å². The summed E-state index contributed by atoms with van der Waals surface area (Å²) in [6.45, 7) is 10.8. The number of unbranched alkanes of at least 4 members (excludes halogenated alkanes) is 12. The van der Waals surface area contributed by atoms with E-state index in [4.69, 9.17) is 9.47 Å². The molecule has 39 heavy (non-hydrogen) atoms. The fraction of sp³-hybridized carbons (Fsp3) is 0.771. The van der Waals surface area contributed by atoms with E-state index >= 15 is 0 Å². The van der Waals surface area contributed by atoms with Crippen LogP contribution in [0.4, 0.5) is 0 Å². The minimum atomic E-state index is -0.344. The van der Waals surface area contributed by atoms with Gasteiger partial charge in [-0.25, -0.2) is 0 Å². The Bertz CT molecular complexity index is 799. The molecule has 1 fully saturated rings. The lowest BCUT2D eigenvalue weighted by Gasteiger charge is -2.40. The van der Waals surface area contributed by atoms with Crippen LogP contribution in [0.1, 0.15) is 154 Å². The fourth-order valence-electron chi connectivity index (χ4n) is 5.70. The SMILES string of the molecule is CCCCCCCCCCCC[C@H](OC(=O)[C@@H](C)c1ccc(CC(C)C)cc1)[C@H]1OC(=O)[C@H]1CCCCCC. The van der Waals surface area contributed by atoms with E-state index in [9.17, 15) is 9.59 Å². The predicted molar refractivity (Wildman–Crippen MR) is 162 cm³/mol. The molecule has 222 valence electrons. The summed E-state index contributed by atoms with van der Waals surface area (Å²) in [6, 6.07) is 8.36. The molecule has 0 aromatic heterocycles. The van der Waals surface area contributed by atoms with E-state index in [0.717, 1.165) is 50.5 Å². The van der Waals surface area contributed by atoms with Crippen molar-refractivity contribution < 1.29 is 19.1 Å². The van der Waals surface area contributed by atoms with Crippen LogP contribution in [0.15, 0.2) is 24.3 Å². The first-order valence-corrected chi connectivity index (χ1v) is 16.4. The zero-order chi connectivity index (χ0) is 28.5. The normalized spacial score (nSPS) is 18.5. The van der Waals surface area contributed by atoms with E-state index in [1.54, 1.807) is 0 Å². The monoisotopic (exact) mass is 542 g/mol. The maximum Gasteiger partial charge on any atom is 0.313 e. The summed E-state index contributed by atoms with van der Waals surface area (Å²) >= 11 is 0. The minimum absolute atomic E-state index is 0.116. The van der Waals surface area contributed by atoms with Gasteiger partial charge in [-0.3, -0.25) is 9.59 Å². The second kappa shape index (κ2) is 19.3. The van der Waals surface area contributed by atoms with Gasteiger partial charge in [-0.2, -0.15) is 0 Å². The molecule has 0 spiro atoms. The average molecular weight is 543 g/mol. The lowest BCUT2D eigenvalue weighted by atomic mass is 9.85. The van der Waals surface area contributed by atoms with Gasteiger partial charge in [-0.05, 0) is 49.7 Å². The van der Waals surface area contributed by atoms with Crippen LogP contribution in [0, 0.1) is 11.8 Å². The van der Waals surface area contributed by atoms with E-state index in [-0.39, 0.29) is 36.0 Å². The quantitative estimate of drug-likeness (QED) is 0.108. The summed E-state index contributed by atoms with van der Waals surface area (Å²) in [5, 5.41) is 0. The van der Waals surface area contributed by atoms with E-state index in [1.807, 2.05) is 6.92 Å². The summed E-state index contributed by atoms with van der Waals surface area (Å²) in [7, 11) is 0. The molecule has 1 saturated heterocycles. The van der Waals surface area contributed by atoms with Crippen molar-refractivity contribution in [1.29, 1.82) is 0 Å². The molecule has 1 aliphatic rings. The lowest BCUT2D eigenvalue weighted by molar-refractivity contribution is -0.207. The number of cyclic esters (lactones) is 1. The van der Waals surface area contributed by atoms with Gasteiger partial charge in [-0.15, -0.1) is 0 Å². The molecular formula is C35H58O4. The molecule has 0 saturated carbocycles. The molecule has 0 radical (unpaired) electrons. The molecule has 0 aliphatic carbocycles. The topological polar surface area (TPSA) is 52.6 Å². The van der Waals surface area contributed by atoms with Gasteiger partial charge in [-0.1, -0.05) is 135 Å². The van der Waals surface area contributed by atoms with Crippen LogP contribution in [0.2, 0.25) is 0 Å². The second-order valence-electron chi connectivity index (χ2n) is 12.4. The maximum atomic E-state index is 13.3. The van der Waals surface area contributed by atoms with Crippen molar-refractivity contribution in [2.75, 3.05) is 0 Å². The Morgan fingerprint density at radius 2 is 1.33 bits per heavy atom. The standard InChI is InChI=1S/C35H58O4/c1-6-8-10-12-13-14-15-16-17-19-21-32(33-31(35(37)39-33)20-18-11-9-7-2)38-34(36)28(5)30-24-22-29(23-25-30)26-27(3)4/h22-25,27-28,31-33H,6-21,26H2,1-5H3/t28-,31-,32-,33-/m0/s1. The van der Waals surface area contributed by atoms with E-state index in [2.05, 4.69) is 52.0 Å². The molecular weight excluding hydrogens is 484 g/mol. The number of rotatable bonds is 22. The average Bonchev–Trinajstić information content (AvgIpc) is 2.91. The molecule has 2 rings (SSSR count). The van der Waals surface area contributed by atoms with Crippen molar-refractivity contribution in [1.82, 2.24) is 0 Å². The van der Waals surface area contributed by atoms with Gasteiger partial charge in [0.05, 0.1) is 11.8 Å². The third-order valence-corrected chi connectivity index (χ3v) is 8.27. The highest BCUT2D eigenvalue weighted by Gasteiger charge is 2.48. The molecule has 4 heteroatoms. The van der Waals surface area contributed by atoms with Crippen molar-refractivity contribution in [2.24, 2.45) is 11.8 Å². The summed E-state index contributed by atoms with van der Waals surface area (Å²) in [6.07, 6.45) is 19.2. The maximum absolute atomic E-state index is 13.3. The Balaban J connectivity index is 1.90. The Morgan fingerprint density at radius 1 is 0.795 bits per heavy atom. The van der Waals surface area contributed by atoms with Gasteiger partial charge in [0, 0.05) is 0 Å². The summed E-state index contributed by atoms with van der Waals surface area (Å²) < 4.78 is 11.8. The number of carbonyl (C=O) groups is 2. The molecule has 1 aromatic rings.